The van der Waals surface area contributed by atoms with Crippen LogP contribution >= 0.6 is 34.8 Å². The van der Waals surface area contributed by atoms with E-state index in [9.17, 15) is 8.42 Å². The number of sulfone groups is 1. The van der Waals surface area contributed by atoms with E-state index in [2.05, 4.69) is 10.3 Å². The van der Waals surface area contributed by atoms with Crippen LogP contribution in [-0.2, 0) is 16.4 Å². The summed E-state index contributed by atoms with van der Waals surface area (Å²) in [6.07, 6.45) is 1.17. The Morgan fingerprint density at radius 1 is 1.10 bits per heavy atom. The van der Waals surface area contributed by atoms with Gasteiger partial charge in [-0.2, -0.15) is 0 Å². The molecule has 0 saturated carbocycles. The molecule has 2 aromatic rings. The fourth-order valence-electron chi connectivity index (χ4n) is 1.61. The van der Waals surface area contributed by atoms with Gasteiger partial charge in [-0.3, -0.25) is 0 Å². The van der Waals surface area contributed by atoms with Gasteiger partial charge in [-0.25, -0.2) is 13.4 Å². The number of hydrogen-bond donors (Lipinski definition) is 1. The van der Waals surface area contributed by atoms with Crippen LogP contribution in [0.3, 0.4) is 0 Å². The van der Waals surface area contributed by atoms with E-state index < -0.39 is 9.84 Å². The molecule has 1 N–H and O–H groups in total. The van der Waals surface area contributed by atoms with Gasteiger partial charge in [0.15, 0.2) is 9.84 Å². The molecule has 0 spiro atoms. The molecule has 112 valence electrons. The van der Waals surface area contributed by atoms with Crippen LogP contribution in [0.25, 0.3) is 0 Å². The SMILES string of the molecule is CS(=O)(=O)c1ccc(CNc2nc(Cl)c(Cl)cc2Cl)cc1. The fourth-order valence-corrected chi connectivity index (χ4v) is 2.80. The summed E-state index contributed by atoms with van der Waals surface area (Å²) in [5.41, 5.74) is 0.881. The van der Waals surface area contributed by atoms with Crippen molar-refractivity contribution >= 4 is 50.5 Å². The molecule has 0 fully saturated rings. The van der Waals surface area contributed by atoms with Crippen molar-refractivity contribution in [2.24, 2.45) is 0 Å². The van der Waals surface area contributed by atoms with Crippen molar-refractivity contribution < 1.29 is 8.42 Å². The third-order valence-corrected chi connectivity index (χ3v) is 4.79. The molecule has 0 aliphatic rings. The second-order valence-electron chi connectivity index (χ2n) is 4.36. The Kier molecular flexibility index (Phi) is 4.99. The van der Waals surface area contributed by atoms with Crippen molar-refractivity contribution in [3.63, 3.8) is 0 Å². The van der Waals surface area contributed by atoms with Crippen LogP contribution in [-0.4, -0.2) is 19.7 Å². The first-order chi connectivity index (χ1) is 9.77. The number of nitrogens with zero attached hydrogens (tertiary/aromatic N) is 1. The normalized spacial score (nSPS) is 11.4. The van der Waals surface area contributed by atoms with Crippen LogP contribution in [0.5, 0.6) is 0 Å². The lowest BCUT2D eigenvalue weighted by atomic mass is 10.2. The molecule has 0 radical (unpaired) electrons. The molecule has 8 heteroatoms. The number of hydrogen-bond acceptors (Lipinski definition) is 4. The molecule has 0 aliphatic carbocycles. The summed E-state index contributed by atoms with van der Waals surface area (Å²) in [4.78, 5) is 4.31. The molecule has 0 amide bonds. The maximum Gasteiger partial charge on any atom is 0.175 e. The first-order valence-electron chi connectivity index (χ1n) is 5.82. The van der Waals surface area contributed by atoms with E-state index in [1.807, 2.05) is 0 Å². The van der Waals surface area contributed by atoms with Crippen molar-refractivity contribution in [3.8, 4) is 0 Å². The largest absolute Gasteiger partial charge is 0.365 e. The lowest BCUT2D eigenvalue weighted by Gasteiger charge is -2.09. The van der Waals surface area contributed by atoms with E-state index in [-0.39, 0.29) is 15.1 Å². The predicted octanol–water partition coefficient (Wildman–Crippen LogP) is 4.06. The maximum absolute atomic E-state index is 11.4. The van der Waals surface area contributed by atoms with Crippen LogP contribution in [0.4, 0.5) is 5.82 Å². The highest BCUT2D eigenvalue weighted by Crippen LogP contribution is 2.29. The fraction of sp³-hybridized carbons (Fsp3) is 0.154. The molecular weight excluding hydrogens is 355 g/mol. The van der Waals surface area contributed by atoms with E-state index in [1.165, 1.54) is 12.3 Å². The molecule has 0 unspecified atom stereocenters. The van der Waals surface area contributed by atoms with Gasteiger partial charge in [-0.15, -0.1) is 0 Å². The van der Waals surface area contributed by atoms with Crippen LogP contribution in [0.15, 0.2) is 35.2 Å². The van der Waals surface area contributed by atoms with Gasteiger partial charge in [-0.05, 0) is 23.8 Å². The Balaban J connectivity index is 2.12. The number of aromatic nitrogens is 1. The van der Waals surface area contributed by atoms with E-state index in [4.69, 9.17) is 34.8 Å². The third kappa shape index (κ3) is 4.23. The van der Waals surface area contributed by atoms with E-state index in [0.717, 1.165) is 5.56 Å². The number of rotatable bonds is 4. The van der Waals surface area contributed by atoms with Gasteiger partial charge in [0.25, 0.3) is 0 Å². The number of pyridine rings is 1. The maximum atomic E-state index is 11.4. The van der Waals surface area contributed by atoms with Crippen molar-refractivity contribution in [2.45, 2.75) is 11.4 Å². The molecule has 0 saturated heterocycles. The predicted molar refractivity (Wildman–Crippen MR) is 86.1 cm³/mol. The monoisotopic (exact) mass is 364 g/mol. The van der Waals surface area contributed by atoms with E-state index >= 15 is 0 Å². The summed E-state index contributed by atoms with van der Waals surface area (Å²) in [6.45, 7) is 0.425. The zero-order valence-electron chi connectivity index (χ0n) is 10.9. The number of nitrogens with one attached hydrogen (secondary N) is 1. The average molecular weight is 366 g/mol. The minimum absolute atomic E-state index is 0.163. The van der Waals surface area contributed by atoms with Crippen molar-refractivity contribution in [1.82, 2.24) is 4.98 Å². The number of halogens is 3. The van der Waals surface area contributed by atoms with Gasteiger partial charge in [0, 0.05) is 12.8 Å². The summed E-state index contributed by atoms with van der Waals surface area (Å²) in [7, 11) is -3.19. The van der Waals surface area contributed by atoms with Crippen molar-refractivity contribution in [1.29, 1.82) is 0 Å². The minimum Gasteiger partial charge on any atom is -0.365 e. The molecular formula is C13H11Cl3N2O2S. The second kappa shape index (κ2) is 6.40. The molecule has 1 aromatic carbocycles. The van der Waals surface area contributed by atoms with Crippen LogP contribution in [0.1, 0.15) is 5.56 Å². The van der Waals surface area contributed by atoms with Crippen molar-refractivity contribution in [3.05, 3.63) is 51.1 Å². The zero-order chi connectivity index (χ0) is 15.6. The lowest BCUT2D eigenvalue weighted by molar-refractivity contribution is 0.602. The molecule has 0 atom stereocenters. The summed E-state index contributed by atoms with van der Waals surface area (Å²) in [5.74, 6) is 0.415. The molecule has 2 rings (SSSR count). The highest BCUT2D eigenvalue weighted by molar-refractivity contribution is 7.90. The lowest BCUT2D eigenvalue weighted by Crippen LogP contribution is -2.03. The van der Waals surface area contributed by atoms with Gasteiger partial charge >= 0.3 is 0 Å². The molecule has 4 nitrogen and oxygen atoms in total. The van der Waals surface area contributed by atoms with Gasteiger partial charge in [0.1, 0.15) is 11.0 Å². The quantitative estimate of drug-likeness (QED) is 0.830. The van der Waals surface area contributed by atoms with Crippen LogP contribution in [0.2, 0.25) is 15.2 Å². The van der Waals surface area contributed by atoms with E-state index in [0.29, 0.717) is 17.4 Å². The van der Waals surface area contributed by atoms with Crippen LogP contribution < -0.4 is 5.32 Å². The topological polar surface area (TPSA) is 59.1 Å². The smallest absolute Gasteiger partial charge is 0.175 e. The Hall–Kier alpha value is -1.01. The number of benzene rings is 1. The van der Waals surface area contributed by atoms with E-state index in [1.54, 1.807) is 24.3 Å². The van der Waals surface area contributed by atoms with Gasteiger partial charge < -0.3 is 5.32 Å². The first kappa shape index (κ1) is 16.4. The van der Waals surface area contributed by atoms with Gasteiger partial charge in [-0.1, -0.05) is 46.9 Å². The molecule has 1 heterocycles. The molecule has 0 bridgehead atoms. The Bertz CT molecular complexity index is 762. The molecule has 0 aliphatic heterocycles. The minimum atomic E-state index is -3.19. The Labute approximate surface area is 138 Å². The highest BCUT2D eigenvalue weighted by Gasteiger charge is 2.09. The Morgan fingerprint density at radius 3 is 2.29 bits per heavy atom. The first-order valence-corrected chi connectivity index (χ1v) is 8.84. The Morgan fingerprint density at radius 2 is 1.71 bits per heavy atom. The summed E-state index contributed by atoms with van der Waals surface area (Å²) >= 11 is 17.6. The summed E-state index contributed by atoms with van der Waals surface area (Å²) < 4.78 is 22.7. The third-order valence-electron chi connectivity index (χ3n) is 2.70. The highest BCUT2D eigenvalue weighted by atomic mass is 35.5. The molecule has 1 aromatic heterocycles. The zero-order valence-corrected chi connectivity index (χ0v) is 14.0. The molecule has 21 heavy (non-hydrogen) atoms. The summed E-state index contributed by atoms with van der Waals surface area (Å²) in [5, 5.41) is 3.82. The second-order valence-corrected chi connectivity index (χ2v) is 7.55. The van der Waals surface area contributed by atoms with Gasteiger partial charge in [0.2, 0.25) is 0 Å². The van der Waals surface area contributed by atoms with Crippen molar-refractivity contribution in [2.75, 3.05) is 11.6 Å². The standard InChI is InChI=1S/C13H11Cl3N2O2S/c1-21(19,20)9-4-2-8(3-5-9)7-17-13-11(15)6-10(14)12(16)18-13/h2-6H,7H2,1H3,(H,17,18). The van der Waals surface area contributed by atoms with Crippen LogP contribution in [0, 0.1) is 0 Å². The summed E-state index contributed by atoms with van der Waals surface area (Å²) in [6, 6.07) is 8.05. The average Bonchev–Trinajstić information content (AvgIpc) is 2.41. The van der Waals surface area contributed by atoms with Gasteiger partial charge in [0.05, 0.1) is 14.9 Å². The number of anilines is 1.